The van der Waals surface area contributed by atoms with Crippen molar-refractivity contribution in [3.05, 3.63) is 23.4 Å². The number of hydrogen-bond donors (Lipinski definition) is 1. The van der Waals surface area contributed by atoms with Gasteiger partial charge in [0, 0.05) is 25.3 Å². The van der Waals surface area contributed by atoms with Crippen molar-refractivity contribution >= 4 is 5.82 Å². The second-order valence-electron chi connectivity index (χ2n) is 5.07. The van der Waals surface area contributed by atoms with Gasteiger partial charge in [-0.3, -0.25) is 0 Å². The molecule has 1 aromatic heterocycles. The second kappa shape index (κ2) is 5.50. The minimum Gasteiger partial charge on any atom is -0.356 e. The highest BCUT2D eigenvalue weighted by Crippen LogP contribution is 2.26. The summed E-state index contributed by atoms with van der Waals surface area (Å²) in [5.41, 5.74) is 7.97. The van der Waals surface area contributed by atoms with Crippen molar-refractivity contribution in [2.24, 2.45) is 11.7 Å². The maximum atomic E-state index is 5.71. The molecule has 0 spiro atoms. The number of hydrogen-bond acceptors (Lipinski definition) is 3. The molecule has 0 aliphatic carbocycles. The van der Waals surface area contributed by atoms with E-state index in [9.17, 15) is 0 Å². The topological polar surface area (TPSA) is 42.1 Å². The smallest absolute Gasteiger partial charge is 0.129 e. The van der Waals surface area contributed by atoms with Gasteiger partial charge in [0.15, 0.2) is 0 Å². The van der Waals surface area contributed by atoms with Gasteiger partial charge in [-0.2, -0.15) is 0 Å². The van der Waals surface area contributed by atoms with Gasteiger partial charge in [0.2, 0.25) is 0 Å². The fraction of sp³-hybridized carbons (Fsp3) is 0.643. The van der Waals surface area contributed by atoms with Crippen LogP contribution in [0.4, 0.5) is 5.82 Å². The van der Waals surface area contributed by atoms with Gasteiger partial charge in [0.1, 0.15) is 5.82 Å². The number of anilines is 1. The van der Waals surface area contributed by atoms with Gasteiger partial charge < -0.3 is 10.6 Å². The Labute approximate surface area is 104 Å². The highest BCUT2D eigenvalue weighted by Gasteiger charge is 2.22. The third kappa shape index (κ3) is 2.97. The number of pyridine rings is 1. The van der Waals surface area contributed by atoms with Crippen LogP contribution < -0.4 is 10.6 Å². The van der Waals surface area contributed by atoms with E-state index in [1.54, 1.807) is 0 Å². The lowest BCUT2D eigenvalue weighted by atomic mass is 10.0. The Bertz CT molecular complexity index is 376. The fourth-order valence-corrected chi connectivity index (χ4v) is 2.69. The van der Waals surface area contributed by atoms with E-state index in [0.29, 0.717) is 6.54 Å². The van der Waals surface area contributed by atoms with Gasteiger partial charge in [-0.15, -0.1) is 0 Å². The SMILES string of the molecule is CCCC1CCN(c2cc(CN)cc(C)n2)C1. The van der Waals surface area contributed by atoms with Crippen molar-refractivity contribution in [1.29, 1.82) is 0 Å². The van der Waals surface area contributed by atoms with Crippen LogP contribution in [0.2, 0.25) is 0 Å². The lowest BCUT2D eigenvalue weighted by Gasteiger charge is -2.19. The molecule has 0 saturated carbocycles. The molecule has 1 fully saturated rings. The summed E-state index contributed by atoms with van der Waals surface area (Å²) < 4.78 is 0. The Morgan fingerprint density at radius 3 is 3.00 bits per heavy atom. The molecule has 1 atom stereocenters. The summed E-state index contributed by atoms with van der Waals surface area (Å²) in [5, 5.41) is 0. The van der Waals surface area contributed by atoms with E-state index >= 15 is 0 Å². The monoisotopic (exact) mass is 233 g/mol. The number of rotatable bonds is 4. The molecule has 1 aromatic rings. The van der Waals surface area contributed by atoms with Crippen molar-refractivity contribution in [3.63, 3.8) is 0 Å². The minimum atomic E-state index is 0.600. The van der Waals surface area contributed by atoms with Crippen LogP contribution in [-0.4, -0.2) is 18.1 Å². The molecule has 3 nitrogen and oxygen atoms in total. The van der Waals surface area contributed by atoms with E-state index in [-0.39, 0.29) is 0 Å². The first kappa shape index (κ1) is 12.4. The maximum Gasteiger partial charge on any atom is 0.129 e. The van der Waals surface area contributed by atoms with Gasteiger partial charge in [-0.05, 0) is 43.4 Å². The van der Waals surface area contributed by atoms with Crippen LogP contribution in [-0.2, 0) is 6.54 Å². The van der Waals surface area contributed by atoms with Gasteiger partial charge >= 0.3 is 0 Å². The molecule has 0 aromatic carbocycles. The molecular formula is C14H23N3. The molecule has 94 valence electrons. The molecule has 1 aliphatic rings. The molecule has 0 radical (unpaired) electrons. The van der Waals surface area contributed by atoms with E-state index in [0.717, 1.165) is 30.5 Å². The summed E-state index contributed by atoms with van der Waals surface area (Å²) >= 11 is 0. The zero-order valence-corrected chi connectivity index (χ0v) is 10.9. The van der Waals surface area contributed by atoms with Crippen LogP contribution in [0.25, 0.3) is 0 Å². The first-order chi connectivity index (χ1) is 8.22. The van der Waals surface area contributed by atoms with Gasteiger partial charge in [0.25, 0.3) is 0 Å². The molecule has 3 heteroatoms. The largest absolute Gasteiger partial charge is 0.356 e. The van der Waals surface area contributed by atoms with E-state index in [1.165, 1.54) is 24.8 Å². The van der Waals surface area contributed by atoms with Crippen LogP contribution in [0.15, 0.2) is 12.1 Å². The second-order valence-corrected chi connectivity index (χ2v) is 5.07. The summed E-state index contributed by atoms with van der Waals surface area (Å²) in [6.45, 7) is 7.21. The Morgan fingerprint density at radius 2 is 2.29 bits per heavy atom. The molecular weight excluding hydrogens is 210 g/mol. The number of nitrogens with zero attached hydrogens (tertiary/aromatic N) is 2. The number of aryl methyl sites for hydroxylation is 1. The Balaban J connectivity index is 2.10. The highest BCUT2D eigenvalue weighted by molar-refractivity contribution is 5.43. The average Bonchev–Trinajstić information content (AvgIpc) is 2.77. The zero-order chi connectivity index (χ0) is 12.3. The first-order valence-electron chi connectivity index (χ1n) is 6.65. The Morgan fingerprint density at radius 1 is 1.47 bits per heavy atom. The van der Waals surface area contributed by atoms with E-state index in [1.807, 2.05) is 6.92 Å². The van der Waals surface area contributed by atoms with Crippen LogP contribution >= 0.6 is 0 Å². The molecule has 0 bridgehead atoms. The minimum absolute atomic E-state index is 0.600. The number of aromatic nitrogens is 1. The predicted octanol–water partition coefficient (Wildman–Crippen LogP) is 2.48. The van der Waals surface area contributed by atoms with Crippen LogP contribution in [0.3, 0.4) is 0 Å². The normalized spacial score (nSPS) is 19.9. The summed E-state index contributed by atoms with van der Waals surface area (Å²) in [6.07, 6.45) is 3.93. The molecule has 17 heavy (non-hydrogen) atoms. The highest BCUT2D eigenvalue weighted by atomic mass is 15.2. The van der Waals surface area contributed by atoms with Crippen molar-refractivity contribution in [3.8, 4) is 0 Å². The number of nitrogens with two attached hydrogens (primary N) is 1. The lowest BCUT2D eigenvalue weighted by Crippen LogP contribution is -2.21. The van der Waals surface area contributed by atoms with E-state index in [2.05, 4.69) is 28.9 Å². The summed E-state index contributed by atoms with van der Waals surface area (Å²) in [6, 6.07) is 4.21. The average molecular weight is 233 g/mol. The Hall–Kier alpha value is -1.09. The first-order valence-corrected chi connectivity index (χ1v) is 6.65. The molecule has 2 heterocycles. The quantitative estimate of drug-likeness (QED) is 0.868. The van der Waals surface area contributed by atoms with E-state index < -0.39 is 0 Å². The summed E-state index contributed by atoms with van der Waals surface area (Å²) in [4.78, 5) is 7.04. The van der Waals surface area contributed by atoms with Crippen molar-refractivity contribution in [2.75, 3.05) is 18.0 Å². The van der Waals surface area contributed by atoms with Gasteiger partial charge in [0.05, 0.1) is 0 Å². The predicted molar refractivity (Wildman–Crippen MR) is 72.1 cm³/mol. The lowest BCUT2D eigenvalue weighted by molar-refractivity contribution is 0.529. The Kier molecular flexibility index (Phi) is 4.00. The molecule has 1 saturated heterocycles. The summed E-state index contributed by atoms with van der Waals surface area (Å²) in [7, 11) is 0. The fourth-order valence-electron chi connectivity index (χ4n) is 2.69. The van der Waals surface area contributed by atoms with Crippen molar-refractivity contribution in [2.45, 2.75) is 39.7 Å². The standard InChI is InChI=1S/C14H23N3/c1-3-4-12-5-6-17(10-12)14-8-13(9-15)7-11(2)16-14/h7-8,12H,3-6,9-10,15H2,1-2H3. The van der Waals surface area contributed by atoms with Crippen LogP contribution in [0.1, 0.15) is 37.4 Å². The van der Waals surface area contributed by atoms with Gasteiger partial charge in [-0.1, -0.05) is 13.3 Å². The zero-order valence-electron chi connectivity index (χ0n) is 10.9. The molecule has 1 aliphatic heterocycles. The van der Waals surface area contributed by atoms with Gasteiger partial charge in [-0.25, -0.2) is 4.98 Å². The van der Waals surface area contributed by atoms with Crippen LogP contribution in [0.5, 0.6) is 0 Å². The summed E-state index contributed by atoms with van der Waals surface area (Å²) in [5.74, 6) is 1.97. The molecule has 1 unspecified atom stereocenters. The third-order valence-corrected chi connectivity index (χ3v) is 3.54. The molecule has 2 rings (SSSR count). The maximum absolute atomic E-state index is 5.71. The third-order valence-electron chi connectivity index (χ3n) is 3.54. The van der Waals surface area contributed by atoms with Crippen molar-refractivity contribution in [1.82, 2.24) is 4.98 Å². The molecule has 2 N–H and O–H groups in total. The van der Waals surface area contributed by atoms with E-state index in [4.69, 9.17) is 5.73 Å². The van der Waals surface area contributed by atoms with Crippen LogP contribution in [0, 0.1) is 12.8 Å². The van der Waals surface area contributed by atoms with Crippen molar-refractivity contribution < 1.29 is 0 Å². The molecule has 0 amide bonds.